The fourth-order valence-electron chi connectivity index (χ4n) is 12.1. The molecule has 4 fully saturated rings. The highest BCUT2D eigenvalue weighted by Gasteiger charge is 2.20. The van der Waals surface area contributed by atoms with Crippen LogP contribution in [0.2, 0.25) is 31.2 Å². The molecule has 18 rings (SSSR count). The lowest BCUT2D eigenvalue weighted by Gasteiger charge is -2.27. The van der Waals surface area contributed by atoms with Crippen molar-refractivity contribution >= 4 is 180 Å². The van der Waals surface area contributed by atoms with Gasteiger partial charge in [-0.25, -0.2) is 30.8 Å². The summed E-state index contributed by atoms with van der Waals surface area (Å²) in [4.78, 5) is 61.9. The third kappa shape index (κ3) is 32.0. The minimum Gasteiger partial charge on any atom is -0.399 e. The van der Waals surface area contributed by atoms with E-state index in [9.17, 15) is 4.79 Å². The number of fused-ring (bicyclic) bond motifs is 2. The predicted octanol–water partition coefficient (Wildman–Crippen LogP) is 18.5. The molecule has 13 aromatic rings. The van der Waals surface area contributed by atoms with Gasteiger partial charge in [0, 0.05) is 134 Å². The van der Waals surface area contributed by atoms with E-state index in [1.165, 1.54) is 45.0 Å². The molecule has 6 aromatic heterocycles. The Morgan fingerprint density at radius 3 is 1.22 bits per heavy atom. The maximum atomic E-state index is 10.5. The number of hydrazone groups is 1. The molecule has 0 bridgehead atoms. The molecule has 10 heterocycles. The number of nitrogens with zero attached hydrogens (tertiary/aromatic N) is 14. The van der Waals surface area contributed by atoms with Gasteiger partial charge in [0.1, 0.15) is 49.7 Å². The molecule has 29 nitrogen and oxygen atoms in total. The largest absolute Gasteiger partial charge is 0.399 e. The van der Waals surface area contributed by atoms with Crippen molar-refractivity contribution in [2.45, 2.75) is 41.0 Å². The lowest BCUT2D eigenvalue weighted by atomic mass is 10.1. The van der Waals surface area contributed by atoms with Gasteiger partial charge in [0.05, 0.1) is 59.1 Å². The molecule has 4 aliphatic heterocycles. The summed E-state index contributed by atoms with van der Waals surface area (Å²) in [7, 11) is 0. The molecule has 0 spiro atoms. The van der Waals surface area contributed by atoms with Crippen LogP contribution in [-0.2, 0) is 25.4 Å². The van der Waals surface area contributed by atoms with Gasteiger partial charge in [0.2, 0.25) is 28.4 Å². The van der Waals surface area contributed by atoms with E-state index in [4.69, 9.17) is 110 Å². The van der Waals surface area contributed by atoms with E-state index in [1.54, 1.807) is 24.4 Å². The minimum absolute atomic E-state index is 0.0625. The fraction of sp³-hybridized carbons (Fsp3) is 0.244. The van der Waals surface area contributed by atoms with Crippen LogP contribution in [-0.4, -0.2) is 173 Å². The number of hydrogen-bond donors (Lipinski definition) is 10. The number of carbonyl (C=O) groups is 1. The lowest BCUT2D eigenvalue weighted by Crippen LogP contribution is -2.37. The van der Waals surface area contributed by atoms with E-state index < -0.39 is 0 Å². The summed E-state index contributed by atoms with van der Waals surface area (Å²) in [5.41, 5.74) is 27.3. The summed E-state index contributed by atoms with van der Waals surface area (Å²) in [5, 5.41) is 23.1. The van der Waals surface area contributed by atoms with Crippen LogP contribution < -0.4 is 63.7 Å². The molecular weight excluding hydrogens is 1710 g/mol. The minimum atomic E-state index is 0.0625. The van der Waals surface area contributed by atoms with Gasteiger partial charge >= 0.3 is 0 Å². The summed E-state index contributed by atoms with van der Waals surface area (Å²) in [6, 6.07) is 64.8. The number of rotatable bonds is 16. The number of morpholine rings is 4. The average molecular weight is 1810 g/mol. The SMILES string of the molecule is C1COCCN1.Cc1ccc(N)cc1.Cc1ccc(Nc2cc(Cl)nc(Cl)n2)cc1.Cc1ccc(Nc2cc(Cl)nc(N3CCOCC3)n2)cc1.Cc1ccc(Nc2cc(N/N=C/C3=CCc4ccccc43)nc(N3CCOCC3)n2)cc1.Cc1ccc(Nc2cc(NN)nc(N3CCOCC3)n2)cc1.Clc1cc(Cl)nc(Cl)n1.O=Cc1c[nH]c2ccccc12. The Balaban J connectivity index is 0.000000146. The first-order chi connectivity index (χ1) is 60.7. The van der Waals surface area contributed by atoms with Gasteiger partial charge < -0.3 is 76.4 Å². The molecule has 0 atom stereocenters. The van der Waals surface area contributed by atoms with Crippen molar-refractivity contribution < 1.29 is 23.7 Å². The zero-order chi connectivity index (χ0) is 88.1. The molecule has 12 N–H and O–H groups in total. The van der Waals surface area contributed by atoms with Gasteiger partial charge in [-0.3, -0.25) is 10.2 Å². The Morgan fingerprint density at radius 2 is 0.792 bits per heavy atom. The number of aromatic nitrogens is 11. The van der Waals surface area contributed by atoms with Gasteiger partial charge in [0.25, 0.3) is 0 Å². The number of nitrogens with two attached hydrogens (primary N) is 2. The third-order valence-corrected chi connectivity index (χ3v) is 19.8. The number of anilines is 14. The molecule has 125 heavy (non-hydrogen) atoms. The second-order valence-electron chi connectivity index (χ2n) is 28.4. The number of aryl methyl sites for hydroxylation is 5. The number of aldehydes is 1. The number of ether oxygens (including phenoxy) is 4. The number of H-pyrrole nitrogens is 1. The van der Waals surface area contributed by atoms with Crippen LogP contribution in [0.5, 0.6) is 0 Å². The number of allylic oxidation sites excluding steroid dienone is 2. The third-order valence-electron chi connectivity index (χ3n) is 18.7. The first-order valence-corrected chi connectivity index (χ1v) is 42.4. The zero-order valence-corrected chi connectivity index (χ0v) is 74.1. The van der Waals surface area contributed by atoms with E-state index >= 15 is 0 Å². The first kappa shape index (κ1) is 93.8. The molecule has 0 unspecified atom stereocenters. The van der Waals surface area contributed by atoms with Gasteiger partial charge in [-0.15, -0.1) is 0 Å². The van der Waals surface area contributed by atoms with Crippen molar-refractivity contribution in [2.75, 3.05) is 158 Å². The smallest absolute Gasteiger partial charge is 0.229 e. The number of hydrogen-bond acceptors (Lipinski definition) is 28. The van der Waals surface area contributed by atoms with E-state index in [1.807, 2.05) is 147 Å². The van der Waals surface area contributed by atoms with E-state index in [2.05, 4.69) is 177 Å². The molecule has 650 valence electrons. The summed E-state index contributed by atoms with van der Waals surface area (Å²) in [6.45, 7) is 22.8. The van der Waals surface area contributed by atoms with Crippen molar-refractivity contribution in [2.24, 2.45) is 10.9 Å². The number of para-hydroxylation sites is 1. The standard InChI is InChI=1S/C25H26N6O.C15H17ClN4O.C15H20N6O.C11H9Cl2N3.C9H7NO.C7H9N.C4HCl3N2.C4H9NO/c1-18-6-10-21(11-7-18)27-23-16-24(29-25(28-23)31-12-14-32-15-13-31)30-26-17-20-9-8-19-4-2-3-5-22(19)20;1-11-2-4-12(5-3-11)17-14-10-13(16)18-15(19-14)20-6-8-21-9-7-20;1-11-2-4-12(5-3-11)17-13-10-14(20-16)19-15(18-13)21-6-8-22-9-7-21;1-7-2-4-8(5-3-7)14-10-6-9(12)15-11(13)16-10;11-6-7-5-10-9-4-2-1-3-8(7)9;1-6-2-4-7(8)5-3-6;5-2-1-3(6)9-4(7)8-2;1-3-6-4-2-5-1/h2-7,9-11,16-17H,8,12-15H2,1H3,(H2,27,28,29,30);2-5,10H,6-9H2,1H3,(H,17,18,19);2-5,10H,6-9,16H2,1H3,(H2,17,18,19,20);2-6H,1H3,(H,14,15,16);1-6,10H;2-5H,8H2,1H3;1H;5H,1-4H2/b26-17+;;;;;;;. The van der Waals surface area contributed by atoms with Crippen LogP contribution in [0.3, 0.4) is 0 Å². The Hall–Kier alpha value is -11.9. The highest BCUT2D eigenvalue weighted by atomic mass is 35.5. The monoisotopic (exact) mass is 1800 g/mol. The van der Waals surface area contributed by atoms with E-state index in [0.29, 0.717) is 103 Å². The van der Waals surface area contributed by atoms with Crippen LogP contribution >= 0.6 is 69.6 Å². The normalized spacial score (nSPS) is 13.7. The molecule has 1 aliphatic carbocycles. The molecule has 0 radical (unpaired) electrons. The molecule has 35 heteroatoms. The van der Waals surface area contributed by atoms with Crippen molar-refractivity contribution in [3.8, 4) is 0 Å². The summed E-state index contributed by atoms with van der Waals surface area (Å²) >= 11 is 33.8. The molecule has 7 aromatic carbocycles. The highest BCUT2D eigenvalue weighted by molar-refractivity contribution is 6.35. The van der Waals surface area contributed by atoms with E-state index in [-0.39, 0.29) is 20.9 Å². The summed E-state index contributed by atoms with van der Waals surface area (Å²) in [6.07, 6.45) is 7.57. The molecule has 5 aliphatic rings. The Kier molecular flexibility index (Phi) is 37.1. The molecule has 0 saturated carbocycles. The van der Waals surface area contributed by atoms with Crippen molar-refractivity contribution in [1.29, 1.82) is 0 Å². The topological polar surface area (TPSA) is 357 Å². The van der Waals surface area contributed by atoms with Crippen molar-refractivity contribution in [3.05, 3.63) is 288 Å². The van der Waals surface area contributed by atoms with Crippen LogP contribution in [0.1, 0.15) is 49.3 Å². The quantitative estimate of drug-likeness (QED) is 0.00817. The summed E-state index contributed by atoms with van der Waals surface area (Å²) < 4.78 is 21.2. The molecular formula is C90H98Cl6N24O5. The van der Waals surface area contributed by atoms with Crippen molar-refractivity contribution in [1.82, 2.24) is 60.1 Å². The second-order valence-corrected chi connectivity index (χ2v) is 30.6. The number of nitrogen functional groups attached to an aromatic ring is 2. The average Bonchev–Trinajstić information content (AvgIpc) is 1.82. The Morgan fingerprint density at radius 1 is 0.416 bits per heavy atom. The van der Waals surface area contributed by atoms with Gasteiger partial charge in [-0.1, -0.05) is 183 Å². The van der Waals surface area contributed by atoms with Crippen molar-refractivity contribution in [3.63, 3.8) is 0 Å². The fourth-order valence-corrected chi connectivity index (χ4v) is 13.4. The first-order valence-electron chi connectivity index (χ1n) is 40.1. The zero-order valence-electron chi connectivity index (χ0n) is 69.6. The Bertz CT molecular complexity index is 5490. The summed E-state index contributed by atoms with van der Waals surface area (Å²) in [5.74, 6) is 11.4. The molecule has 4 saturated heterocycles. The number of nitrogens with one attached hydrogen (secondary N) is 8. The lowest BCUT2D eigenvalue weighted by molar-refractivity contribution is 0.109. The molecule has 0 amide bonds. The maximum Gasteiger partial charge on any atom is 0.229 e. The van der Waals surface area contributed by atoms with E-state index in [0.717, 1.165) is 129 Å². The van der Waals surface area contributed by atoms with Crippen LogP contribution in [0.4, 0.5) is 81.2 Å². The van der Waals surface area contributed by atoms with Gasteiger partial charge in [-0.05, 0) is 148 Å². The number of carbonyl (C=O) groups excluding carboxylic acids is 1. The second kappa shape index (κ2) is 49.5. The maximum absolute atomic E-state index is 10.5. The van der Waals surface area contributed by atoms with Gasteiger partial charge in [0.15, 0.2) is 12.1 Å². The predicted molar refractivity (Wildman–Crippen MR) is 508 cm³/mol. The number of benzene rings is 7. The van der Waals surface area contributed by atoms with Crippen LogP contribution in [0.25, 0.3) is 16.5 Å². The van der Waals surface area contributed by atoms with Gasteiger partial charge in [-0.2, -0.15) is 30.0 Å². The van der Waals surface area contributed by atoms with Crippen LogP contribution in [0, 0.1) is 34.6 Å². The number of aromatic amines is 1. The number of hydrazine groups is 1. The van der Waals surface area contributed by atoms with Crippen LogP contribution in [0.15, 0.2) is 218 Å². The number of halogens is 6. The highest BCUT2D eigenvalue weighted by Crippen LogP contribution is 2.30. The Labute approximate surface area is 756 Å².